The second kappa shape index (κ2) is 4.60. The fourth-order valence-corrected chi connectivity index (χ4v) is 3.19. The predicted molar refractivity (Wildman–Crippen MR) is 81.7 cm³/mol. The van der Waals surface area contributed by atoms with E-state index < -0.39 is 0 Å². The first-order valence-corrected chi connectivity index (χ1v) is 7.41. The average Bonchev–Trinajstić information content (AvgIpc) is 3.07. The molecule has 0 fully saturated rings. The summed E-state index contributed by atoms with van der Waals surface area (Å²) in [6.07, 6.45) is 4.48. The lowest BCUT2D eigenvalue weighted by atomic mass is 9.98. The van der Waals surface area contributed by atoms with Gasteiger partial charge >= 0.3 is 0 Å². The molecule has 0 aromatic carbocycles. The Morgan fingerprint density at radius 3 is 2.91 bits per heavy atom. The van der Waals surface area contributed by atoms with Crippen LogP contribution in [0.5, 0.6) is 0 Å². The van der Waals surface area contributed by atoms with E-state index in [0.29, 0.717) is 22.6 Å². The summed E-state index contributed by atoms with van der Waals surface area (Å²) in [4.78, 5) is 19.8. The second-order valence-corrected chi connectivity index (χ2v) is 5.76. The number of nitrogens with one attached hydrogen (secondary N) is 2. The van der Waals surface area contributed by atoms with E-state index >= 15 is 0 Å². The van der Waals surface area contributed by atoms with Gasteiger partial charge in [0.15, 0.2) is 5.65 Å². The lowest BCUT2D eigenvalue weighted by Crippen LogP contribution is -2.14. The maximum Gasteiger partial charge on any atom is 0.272 e. The van der Waals surface area contributed by atoms with Crippen molar-refractivity contribution in [2.45, 2.75) is 32.6 Å². The summed E-state index contributed by atoms with van der Waals surface area (Å²) in [6.45, 7) is 1.75. The number of fused-ring (bicyclic) bond motifs is 2. The van der Waals surface area contributed by atoms with Crippen molar-refractivity contribution in [1.29, 1.82) is 5.26 Å². The normalized spacial score (nSPS) is 14.0. The van der Waals surface area contributed by atoms with Crippen molar-refractivity contribution in [1.82, 2.24) is 19.6 Å². The number of aromatic nitrogens is 4. The molecule has 0 bridgehead atoms. The average molecular weight is 293 g/mol. The van der Waals surface area contributed by atoms with Crippen LogP contribution in [0.2, 0.25) is 0 Å². The molecular formula is C16H15N5O. The molecule has 0 saturated carbocycles. The van der Waals surface area contributed by atoms with Crippen LogP contribution in [-0.2, 0) is 12.8 Å². The summed E-state index contributed by atoms with van der Waals surface area (Å²) in [5.74, 6) is 0. The molecule has 3 aromatic heterocycles. The van der Waals surface area contributed by atoms with Crippen LogP contribution in [0.1, 0.15) is 35.4 Å². The van der Waals surface area contributed by atoms with Crippen molar-refractivity contribution in [3.63, 3.8) is 0 Å². The van der Waals surface area contributed by atoms with Crippen LogP contribution in [-0.4, -0.2) is 19.6 Å². The third kappa shape index (κ3) is 1.79. The molecule has 0 radical (unpaired) electrons. The van der Waals surface area contributed by atoms with Crippen molar-refractivity contribution in [3.05, 3.63) is 45.0 Å². The Bertz CT molecular complexity index is 959. The summed E-state index contributed by atoms with van der Waals surface area (Å²) in [5.41, 5.74) is 5.22. The topological polar surface area (TPSA) is 89.7 Å². The van der Waals surface area contributed by atoms with Gasteiger partial charge in [-0.3, -0.25) is 9.89 Å². The molecule has 6 heteroatoms. The van der Waals surface area contributed by atoms with E-state index in [9.17, 15) is 10.1 Å². The second-order valence-electron chi connectivity index (χ2n) is 5.76. The standard InChI is InChI=1S/C16H15N5O/c1-9-6-14(22)21-16(18-9)11(8-17)15(20-21)13-7-10-4-2-3-5-12(10)19-13/h6-7,19-20H,2-5H2,1H3. The van der Waals surface area contributed by atoms with E-state index in [-0.39, 0.29) is 5.56 Å². The van der Waals surface area contributed by atoms with Gasteiger partial charge in [0.2, 0.25) is 0 Å². The van der Waals surface area contributed by atoms with Gasteiger partial charge in [-0.2, -0.15) is 9.78 Å². The molecular weight excluding hydrogens is 278 g/mol. The number of nitrogens with zero attached hydrogens (tertiary/aromatic N) is 3. The zero-order valence-electron chi connectivity index (χ0n) is 12.2. The fraction of sp³-hybridized carbons (Fsp3) is 0.312. The van der Waals surface area contributed by atoms with Crippen LogP contribution in [0.25, 0.3) is 17.0 Å². The van der Waals surface area contributed by atoms with Gasteiger partial charge in [0.05, 0.1) is 11.4 Å². The first kappa shape index (κ1) is 12.9. The number of H-pyrrole nitrogens is 2. The Hall–Kier alpha value is -2.81. The van der Waals surface area contributed by atoms with Gasteiger partial charge in [-0.05, 0) is 44.2 Å². The monoisotopic (exact) mass is 293 g/mol. The van der Waals surface area contributed by atoms with E-state index in [2.05, 4.69) is 27.2 Å². The Morgan fingerprint density at radius 2 is 2.14 bits per heavy atom. The van der Waals surface area contributed by atoms with Gasteiger partial charge < -0.3 is 4.98 Å². The molecule has 3 aromatic rings. The van der Waals surface area contributed by atoms with E-state index in [4.69, 9.17) is 0 Å². The molecule has 0 saturated heterocycles. The molecule has 0 aliphatic heterocycles. The summed E-state index contributed by atoms with van der Waals surface area (Å²) in [7, 11) is 0. The van der Waals surface area contributed by atoms with Gasteiger partial charge in [0.25, 0.3) is 5.56 Å². The maximum atomic E-state index is 12.1. The van der Waals surface area contributed by atoms with Crippen molar-refractivity contribution in [2.24, 2.45) is 0 Å². The smallest absolute Gasteiger partial charge is 0.272 e. The minimum atomic E-state index is -0.207. The first-order valence-electron chi connectivity index (χ1n) is 7.41. The molecule has 1 aliphatic carbocycles. The van der Waals surface area contributed by atoms with E-state index in [1.54, 1.807) is 6.92 Å². The molecule has 110 valence electrons. The number of aromatic amines is 2. The van der Waals surface area contributed by atoms with Gasteiger partial charge in [0.1, 0.15) is 11.6 Å². The highest BCUT2D eigenvalue weighted by molar-refractivity contribution is 5.73. The van der Waals surface area contributed by atoms with Crippen LogP contribution >= 0.6 is 0 Å². The van der Waals surface area contributed by atoms with Gasteiger partial charge in [0, 0.05) is 17.5 Å². The van der Waals surface area contributed by atoms with Crippen molar-refractivity contribution >= 4 is 5.65 Å². The quantitative estimate of drug-likeness (QED) is 0.719. The van der Waals surface area contributed by atoms with Gasteiger partial charge in [-0.15, -0.1) is 0 Å². The Labute approximate surface area is 126 Å². The molecule has 0 spiro atoms. The van der Waals surface area contributed by atoms with Crippen LogP contribution in [0, 0.1) is 18.3 Å². The maximum absolute atomic E-state index is 12.1. The van der Waals surface area contributed by atoms with Crippen molar-refractivity contribution in [2.75, 3.05) is 0 Å². The van der Waals surface area contributed by atoms with E-state index in [1.165, 1.54) is 34.7 Å². The lowest BCUT2D eigenvalue weighted by Gasteiger charge is -2.08. The highest BCUT2D eigenvalue weighted by atomic mass is 16.1. The summed E-state index contributed by atoms with van der Waals surface area (Å²) >= 11 is 0. The van der Waals surface area contributed by atoms with Crippen LogP contribution in [0.15, 0.2) is 16.9 Å². The van der Waals surface area contributed by atoms with Crippen LogP contribution in [0.3, 0.4) is 0 Å². The largest absolute Gasteiger partial charge is 0.357 e. The number of hydrogen-bond donors (Lipinski definition) is 2. The lowest BCUT2D eigenvalue weighted by molar-refractivity contribution is 0.677. The molecule has 0 atom stereocenters. The zero-order valence-corrected chi connectivity index (χ0v) is 12.2. The minimum Gasteiger partial charge on any atom is -0.357 e. The SMILES string of the molecule is Cc1cc(=O)n2[nH]c(-c3cc4c([nH]3)CCCC4)c(C#N)c2n1. The minimum absolute atomic E-state index is 0.207. The summed E-state index contributed by atoms with van der Waals surface area (Å²) in [6, 6.07) is 5.71. The van der Waals surface area contributed by atoms with E-state index in [1.807, 2.05) is 0 Å². The zero-order chi connectivity index (χ0) is 15.3. The first-order chi connectivity index (χ1) is 10.7. The molecule has 22 heavy (non-hydrogen) atoms. The Kier molecular flexibility index (Phi) is 2.70. The molecule has 0 unspecified atom stereocenters. The number of nitriles is 1. The van der Waals surface area contributed by atoms with Gasteiger partial charge in [-0.25, -0.2) is 4.98 Å². The van der Waals surface area contributed by atoms with Crippen molar-refractivity contribution in [3.8, 4) is 17.5 Å². The van der Waals surface area contributed by atoms with Crippen molar-refractivity contribution < 1.29 is 0 Å². The molecule has 0 amide bonds. The summed E-state index contributed by atoms with van der Waals surface area (Å²) in [5, 5.41) is 12.5. The highest BCUT2D eigenvalue weighted by Crippen LogP contribution is 2.29. The molecule has 1 aliphatic rings. The van der Waals surface area contributed by atoms with Crippen LogP contribution < -0.4 is 5.56 Å². The highest BCUT2D eigenvalue weighted by Gasteiger charge is 2.20. The summed E-state index contributed by atoms with van der Waals surface area (Å²) < 4.78 is 1.33. The molecule has 3 heterocycles. The van der Waals surface area contributed by atoms with Gasteiger partial charge in [-0.1, -0.05) is 0 Å². The van der Waals surface area contributed by atoms with Crippen LogP contribution in [0.4, 0.5) is 0 Å². The number of hydrogen-bond acceptors (Lipinski definition) is 3. The molecule has 4 rings (SSSR count). The number of rotatable bonds is 1. The molecule has 6 nitrogen and oxygen atoms in total. The third-order valence-corrected chi connectivity index (χ3v) is 4.24. The third-order valence-electron chi connectivity index (χ3n) is 4.24. The number of aryl methyl sites for hydroxylation is 3. The van der Waals surface area contributed by atoms with E-state index in [0.717, 1.165) is 18.5 Å². The predicted octanol–water partition coefficient (Wildman–Crippen LogP) is 2.08. The Balaban J connectivity index is 1.99. The fourth-order valence-electron chi connectivity index (χ4n) is 3.19. The Morgan fingerprint density at radius 1 is 1.32 bits per heavy atom. The molecule has 2 N–H and O–H groups in total.